The van der Waals surface area contributed by atoms with E-state index in [1.165, 1.54) is 18.4 Å². The molecule has 2 saturated carbocycles. The predicted octanol–water partition coefficient (Wildman–Crippen LogP) is 2.55. The summed E-state index contributed by atoms with van der Waals surface area (Å²) in [5.41, 5.74) is 0.836. The van der Waals surface area contributed by atoms with E-state index in [1.807, 2.05) is 12.1 Å². The maximum absolute atomic E-state index is 13.1. The zero-order valence-corrected chi connectivity index (χ0v) is 16.9. The average molecular weight is 431 g/mol. The van der Waals surface area contributed by atoms with Crippen molar-refractivity contribution in [3.8, 4) is 11.5 Å². The zero-order valence-electron chi connectivity index (χ0n) is 15.3. The number of rotatable bonds is 2. The van der Waals surface area contributed by atoms with Crippen molar-refractivity contribution in [2.45, 2.75) is 22.6 Å². The number of nitrogens with one attached hydrogen (secondary N) is 1. The number of aromatic amines is 1. The molecule has 2 bridgehead atoms. The summed E-state index contributed by atoms with van der Waals surface area (Å²) in [6.07, 6.45) is 0.702. The first-order valence-electron chi connectivity index (χ1n) is 9.50. The van der Waals surface area contributed by atoms with Gasteiger partial charge in [0.15, 0.2) is 11.5 Å². The zero-order chi connectivity index (χ0) is 20.0. The van der Waals surface area contributed by atoms with Crippen LogP contribution in [-0.4, -0.2) is 34.4 Å². The summed E-state index contributed by atoms with van der Waals surface area (Å²) >= 11 is 2.78. The molecule has 1 aromatic carbocycles. The Bertz CT molecular complexity index is 1120. The van der Waals surface area contributed by atoms with Crippen LogP contribution >= 0.6 is 23.1 Å². The number of thioether (sulfide) groups is 1. The molecule has 2 N–H and O–H groups in total. The number of esters is 1. The molecule has 2 fully saturated rings. The summed E-state index contributed by atoms with van der Waals surface area (Å²) in [6, 6.07) is 5.52. The van der Waals surface area contributed by atoms with Crippen molar-refractivity contribution in [3.05, 3.63) is 38.3 Å². The van der Waals surface area contributed by atoms with Gasteiger partial charge in [-0.1, -0.05) is 23.5 Å². The normalized spacial score (nSPS) is 35.9. The summed E-state index contributed by atoms with van der Waals surface area (Å²) in [5.74, 6) is -2.28. The Labute approximate surface area is 173 Å². The molecule has 2 aromatic rings. The Kier molecular flexibility index (Phi) is 3.57. The number of methoxy groups -OCH3 is 1. The second-order valence-electron chi connectivity index (χ2n) is 8.10. The Morgan fingerprint density at radius 3 is 2.90 bits per heavy atom. The minimum atomic E-state index is -0.944. The molecule has 0 spiro atoms. The molecule has 0 amide bonds. The molecular formula is C20H17NO6S2. The molecule has 150 valence electrons. The van der Waals surface area contributed by atoms with E-state index in [4.69, 9.17) is 9.47 Å². The highest BCUT2D eigenvalue weighted by atomic mass is 32.2. The molecule has 9 heteroatoms. The van der Waals surface area contributed by atoms with Crippen LogP contribution in [-0.2, 0) is 9.59 Å². The summed E-state index contributed by atoms with van der Waals surface area (Å²) in [7, 11) is 1.51. The summed E-state index contributed by atoms with van der Waals surface area (Å²) in [5, 5.41) is 10.8. The number of fused-ring (bicyclic) bond motifs is 6. The molecule has 0 unspecified atom stereocenters. The third-order valence-corrected chi connectivity index (χ3v) is 9.63. The molecular weight excluding hydrogens is 414 g/mol. The molecule has 6 rings (SSSR count). The Morgan fingerprint density at radius 1 is 1.31 bits per heavy atom. The number of aliphatic carboxylic acids is 1. The van der Waals surface area contributed by atoms with E-state index in [0.717, 1.165) is 15.5 Å². The van der Waals surface area contributed by atoms with Crippen molar-refractivity contribution in [2.24, 2.45) is 29.6 Å². The van der Waals surface area contributed by atoms with Crippen LogP contribution in [0.1, 0.15) is 22.8 Å². The second kappa shape index (κ2) is 5.89. The van der Waals surface area contributed by atoms with E-state index in [9.17, 15) is 19.5 Å². The molecule has 2 aliphatic carbocycles. The van der Waals surface area contributed by atoms with Crippen LogP contribution in [0.5, 0.6) is 11.5 Å². The fraction of sp³-hybridized carbons (Fsp3) is 0.450. The van der Waals surface area contributed by atoms with Gasteiger partial charge in [-0.05, 0) is 30.2 Å². The SMILES string of the molecule is COc1cccc2c1OC(=O)[C@@H]1[C@H]3C[C@@H]([C@@H]4Sc5[nH]c(=O)sc5[C@@H]2[C@@H]34)[C@@H]1C(=O)O. The number of aromatic nitrogens is 1. The number of para-hydroxylation sites is 1. The van der Waals surface area contributed by atoms with Crippen molar-refractivity contribution >= 4 is 35.0 Å². The van der Waals surface area contributed by atoms with Crippen LogP contribution in [0.15, 0.2) is 28.0 Å². The van der Waals surface area contributed by atoms with Gasteiger partial charge in [0.1, 0.15) is 0 Å². The van der Waals surface area contributed by atoms with E-state index >= 15 is 0 Å². The highest BCUT2D eigenvalue weighted by Gasteiger charge is 2.67. The van der Waals surface area contributed by atoms with Crippen molar-refractivity contribution in [1.29, 1.82) is 0 Å². The molecule has 0 saturated heterocycles. The summed E-state index contributed by atoms with van der Waals surface area (Å²) < 4.78 is 11.3. The summed E-state index contributed by atoms with van der Waals surface area (Å²) in [6.45, 7) is 0. The van der Waals surface area contributed by atoms with Crippen LogP contribution < -0.4 is 14.3 Å². The molecule has 7 nitrogen and oxygen atoms in total. The van der Waals surface area contributed by atoms with Crippen LogP contribution in [0.4, 0.5) is 0 Å². The highest BCUT2D eigenvalue weighted by molar-refractivity contribution is 8.00. The average Bonchev–Trinajstić information content (AvgIpc) is 3.35. The van der Waals surface area contributed by atoms with Gasteiger partial charge in [-0.3, -0.25) is 14.4 Å². The standard InChI is InChI=1S/C20H17NO6S2/c1-26-9-4-2-3-6-10-11-7-5-8(15(11)28-17-16(10)29-20(25)21-17)12(18(22)23)13(7)19(24)27-14(6)9/h2-4,7-8,10-13,15H,5H2,1H3,(H,21,25)(H,22,23)/t7-,8+,10-,11+,12-,13+,15-/m0/s1. The fourth-order valence-corrected chi connectivity index (χ4v) is 9.04. The Hall–Kier alpha value is -2.26. The largest absolute Gasteiger partial charge is 0.493 e. The first-order chi connectivity index (χ1) is 14.0. The number of benzene rings is 1. The van der Waals surface area contributed by atoms with E-state index in [0.29, 0.717) is 17.9 Å². The second-order valence-corrected chi connectivity index (χ2v) is 10.3. The van der Waals surface area contributed by atoms with Gasteiger partial charge in [0.05, 0.1) is 24.0 Å². The lowest BCUT2D eigenvalue weighted by atomic mass is 9.66. The van der Waals surface area contributed by atoms with Gasteiger partial charge >= 0.3 is 16.8 Å². The predicted molar refractivity (Wildman–Crippen MR) is 105 cm³/mol. The molecule has 7 atom stereocenters. The van der Waals surface area contributed by atoms with Crippen LogP contribution in [0.25, 0.3) is 0 Å². The number of hydrogen-bond acceptors (Lipinski definition) is 7. The molecule has 29 heavy (non-hydrogen) atoms. The van der Waals surface area contributed by atoms with Gasteiger partial charge in [0.2, 0.25) is 0 Å². The van der Waals surface area contributed by atoms with E-state index < -0.39 is 23.8 Å². The number of hydrogen-bond donors (Lipinski definition) is 2. The number of carbonyl (C=O) groups is 2. The van der Waals surface area contributed by atoms with Gasteiger partial charge in [-0.2, -0.15) is 0 Å². The van der Waals surface area contributed by atoms with Gasteiger partial charge in [-0.25, -0.2) is 0 Å². The molecule has 4 aliphatic rings. The number of ether oxygens (including phenoxy) is 2. The van der Waals surface area contributed by atoms with Gasteiger partial charge in [0.25, 0.3) is 0 Å². The van der Waals surface area contributed by atoms with E-state index in [1.54, 1.807) is 17.8 Å². The third kappa shape index (κ3) is 2.17. The number of carboxylic acids is 1. The topological polar surface area (TPSA) is 106 Å². The third-order valence-electron chi connectivity index (χ3n) is 7.04. The quantitative estimate of drug-likeness (QED) is 0.556. The van der Waals surface area contributed by atoms with Crippen molar-refractivity contribution in [1.82, 2.24) is 4.98 Å². The maximum atomic E-state index is 13.1. The van der Waals surface area contributed by atoms with Gasteiger partial charge < -0.3 is 19.6 Å². The first kappa shape index (κ1) is 17.6. The van der Waals surface area contributed by atoms with Crippen LogP contribution in [0, 0.1) is 29.6 Å². The monoisotopic (exact) mass is 431 g/mol. The lowest BCUT2D eigenvalue weighted by Crippen LogP contribution is -2.49. The lowest BCUT2D eigenvalue weighted by molar-refractivity contribution is -0.156. The molecule has 2 aliphatic heterocycles. The van der Waals surface area contributed by atoms with Gasteiger partial charge in [0, 0.05) is 21.6 Å². The minimum absolute atomic E-state index is 0.0463. The van der Waals surface area contributed by atoms with Crippen molar-refractivity contribution < 1.29 is 24.2 Å². The van der Waals surface area contributed by atoms with Crippen molar-refractivity contribution in [2.75, 3.05) is 7.11 Å². The summed E-state index contributed by atoms with van der Waals surface area (Å²) in [4.78, 5) is 41.2. The maximum Gasteiger partial charge on any atom is 0.315 e. The number of thiazole rings is 1. The van der Waals surface area contributed by atoms with Crippen molar-refractivity contribution in [3.63, 3.8) is 0 Å². The van der Waals surface area contributed by atoms with Crippen LogP contribution in [0.2, 0.25) is 0 Å². The first-order valence-corrected chi connectivity index (χ1v) is 11.2. The van der Waals surface area contributed by atoms with Gasteiger partial charge in [-0.15, -0.1) is 11.8 Å². The van der Waals surface area contributed by atoms with E-state index in [-0.39, 0.29) is 33.8 Å². The minimum Gasteiger partial charge on any atom is -0.493 e. The lowest BCUT2D eigenvalue weighted by Gasteiger charge is -2.45. The fourth-order valence-electron chi connectivity index (χ4n) is 6.16. The number of H-pyrrole nitrogens is 1. The Morgan fingerprint density at radius 2 is 2.14 bits per heavy atom. The molecule has 3 heterocycles. The number of carbonyl (C=O) groups excluding carboxylic acids is 1. The van der Waals surface area contributed by atoms with E-state index in [2.05, 4.69) is 4.98 Å². The molecule has 1 aromatic heterocycles. The smallest absolute Gasteiger partial charge is 0.315 e. The highest BCUT2D eigenvalue weighted by Crippen LogP contribution is 2.68. The van der Waals surface area contributed by atoms with Crippen LogP contribution in [0.3, 0.4) is 0 Å². The molecule has 0 radical (unpaired) electrons. The number of carboxylic acid groups (broad SMARTS) is 1. The Balaban J connectivity index is 1.65.